The van der Waals surface area contributed by atoms with Crippen molar-refractivity contribution in [3.63, 3.8) is 0 Å². The molecule has 1 saturated heterocycles. The number of halogens is 1. The molecule has 1 aliphatic rings. The molecule has 0 aliphatic carbocycles. The summed E-state index contributed by atoms with van der Waals surface area (Å²) in [5, 5.41) is 3.45. The van der Waals surface area contributed by atoms with Gasteiger partial charge in [-0.25, -0.2) is 4.98 Å². The molecule has 2 aromatic rings. The Morgan fingerprint density at radius 3 is 2.44 bits per heavy atom. The zero-order chi connectivity index (χ0) is 18.0. The van der Waals surface area contributed by atoms with Gasteiger partial charge in [0, 0.05) is 45.5 Å². The number of aliphatic imine (C=N–C) groups is 1. The number of aryl methyl sites for hydroxylation is 1. The Balaban J connectivity index is 0.00000261. The van der Waals surface area contributed by atoms with Crippen molar-refractivity contribution in [1.82, 2.24) is 15.2 Å². The highest BCUT2D eigenvalue weighted by Crippen LogP contribution is 2.12. The van der Waals surface area contributed by atoms with Crippen molar-refractivity contribution in [1.29, 1.82) is 0 Å². The molecule has 1 fully saturated rings. The van der Waals surface area contributed by atoms with Crippen molar-refractivity contribution in [2.24, 2.45) is 4.99 Å². The molecule has 0 bridgehead atoms. The maximum atomic E-state index is 4.85. The lowest BCUT2D eigenvalue weighted by Crippen LogP contribution is -2.52. The molecule has 0 unspecified atom stereocenters. The Morgan fingerprint density at radius 2 is 1.78 bits per heavy atom. The highest BCUT2D eigenvalue weighted by Gasteiger charge is 2.20. The number of guanidine groups is 1. The van der Waals surface area contributed by atoms with Crippen LogP contribution in [0.15, 0.2) is 59.7 Å². The van der Waals surface area contributed by atoms with Crippen LogP contribution in [0.2, 0.25) is 0 Å². The molecule has 0 atom stereocenters. The lowest BCUT2D eigenvalue weighted by Gasteiger charge is -2.37. The number of benzene rings is 1. The summed E-state index contributed by atoms with van der Waals surface area (Å²) in [6.07, 6.45) is 4.02. The number of nitrogens with zero attached hydrogens (tertiary/aromatic N) is 4. The largest absolute Gasteiger partial charge is 0.357 e. The predicted molar refractivity (Wildman–Crippen MR) is 124 cm³/mol. The van der Waals surface area contributed by atoms with Crippen LogP contribution in [-0.4, -0.2) is 55.1 Å². The summed E-state index contributed by atoms with van der Waals surface area (Å²) in [6, 6.07) is 16.7. The SMILES string of the molecule is CCNC(=NCCCc1ccccc1)N1CCN(c2ccccn2)CC1.I. The van der Waals surface area contributed by atoms with Crippen molar-refractivity contribution in [3.8, 4) is 0 Å². The summed E-state index contributed by atoms with van der Waals surface area (Å²) in [5.74, 6) is 2.11. The molecular formula is C21H30IN5. The highest BCUT2D eigenvalue weighted by molar-refractivity contribution is 14.0. The van der Waals surface area contributed by atoms with E-state index >= 15 is 0 Å². The monoisotopic (exact) mass is 479 g/mol. The lowest BCUT2D eigenvalue weighted by molar-refractivity contribution is 0.371. The number of rotatable bonds is 6. The van der Waals surface area contributed by atoms with E-state index < -0.39 is 0 Å². The highest BCUT2D eigenvalue weighted by atomic mass is 127. The molecule has 146 valence electrons. The first-order valence-corrected chi connectivity index (χ1v) is 9.60. The molecule has 5 nitrogen and oxygen atoms in total. The third kappa shape index (κ3) is 6.68. The second-order valence-corrected chi connectivity index (χ2v) is 6.49. The van der Waals surface area contributed by atoms with Crippen molar-refractivity contribution >= 4 is 35.8 Å². The molecule has 0 radical (unpaired) electrons. The third-order valence-corrected chi connectivity index (χ3v) is 4.62. The molecule has 1 aromatic heterocycles. The van der Waals surface area contributed by atoms with Gasteiger partial charge in [-0.15, -0.1) is 24.0 Å². The van der Waals surface area contributed by atoms with Gasteiger partial charge in [-0.05, 0) is 37.5 Å². The van der Waals surface area contributed by atoms with E-state index in [4.69, 9.17) is 4.99 Å². The van der Waals surface area contributed by atoms with Crippen molar-refractivity contribution in [2.75, 3.05) is 44.2 Å². The minimum absolute atomic E-state index is 0. The van der Waals surface area contributed by atoms with Gasteiger partial charge >= 0.3 is 0 Å². The molecule has 0 saturated carbocycles. The van der Waals surface area contributed by atoms with Crippen LogP contribution in [0.5, 0.6) is 0 Å². The van der Waals surface area contributed by atoms with E-state index in [1.807, 2.05) is 18.3 Å². The summed E-state index contributed by atoms with van der Waals surface area (Å²) in [6.45, 7) is 7.79. The van der Waals surface area contributed by atoms with E-state index in [0.717, 1.165) is 63.9 Å². The van der Waals surface area contributed by atoms with Crippen LogP contribution in [-0.2, 0) is 6.42 Å². The van der Waals surface area contributed by atoms with E-state index in [9.17, 15) is 0 Å². The minimum Gasteiger partial charge on any atom is -0.357 e. The summed E-state index contributed by atoms with van der Waals surface area (Å²) in [5.41, 5.74) is 1.39. The average Bonchev–Trinajstić information content (AvgIpc) is 2.72. The molecular weight excluding hydrogens is 449 g/mol. The molecule has 27 heavy (non-hydrogen) atoms. The van der Waals surface area contributed by atoms with Gasteiger partial charge in [-0.1, -0.05) is 36.4 Å². The molecule has 0 spiro atoms. The normalized spacial score (nSPS) is 14.6. The Labute approximate surface area is 179 Å². The van der Waals surface area contributed by atoms with Crippen LogP contribution < -0.4 is 10.2 Å². The maximum absolute atomic E-state index is 4.85. The first kappa shape index (κ1) is 21.5. The van der Waals surface area contributed by atoms with Crippen LogP contribution in [0.3, 0.4) is 0 Å². The lowest BCUT2D eigenvalue weighted by atomic mass is 10.1. The molecule has 2 heterocycles. The summed E-state index contributed by atoms with van der Waals surface area (Å²) in [4.78, 5) is 14.0. The Hall–Kier alpha value is -1.83. The van der Waals surface area contributed by atoms with Gasteiger partial charge in [0.15, 0.2) is 5.96 Å². The van der Waals surface area contributed by atoms with Gasteiger partial charge in [0.05, 0.1) is 0 Å². The molecule has 1 aromatic carbocycles. The number of pyridine rings is 1. The Kier molecular flexibility index (Phi) is 9.38. The van der Waals surface area contributed by atoms with Gasteiger partial charge in [0.2, 0.25) is 0 Å². The first-order chi connectivity index (χ1) is 12.9. The second kappa shape index (κ2) is 11.8. The van der Waals surface area contributed by atoms with E-state index in [1.54, 1.807) is 0 Å². The minimum atomic E-state index is 0. The van der Waals surface area contributed by atoms with Gasteiger partial charge in [-0.3, -0.25) is 4.99 Å². The zero-order valence-electron chi connectivity index (χ0n) is 16.1. The van der Waals surface area contributed by atoms with Crippen molar-refractivity contribution in [3.05, 3.63) is 60.3 Å². The van der Waals surface area contributed by atoms with Gasteiger partial charge in [0.1, 0.15) is 5.82 Å². The fraction of sp³-hybridized carbons (Fsp3) is 0.429. The van der Waals surface area contributed by atoms with Gasteiger partial charge < -0.3 is 15.1 Å². The van der Waals surface area contributed by atoms with Crippen LogP contribution in [0.1, 0.15) is 18.9 Å². The summed E-state index contributed by atoms with van der Waals surface area (Å²) < 4.78 is 0. The van der Waals surface area contributed by atoms with E-state index in [2.05, 4.69) is 63.4 Å². The predicted octanol–water partition coefficient (Wildman–Crippen LogP) is 3.42. The number of hydrogen-bond acceptors (Lipinski definition) is 3. The fourth-order valence-corrected chi connectivity index (χ4v) is 3.23. The van der Waals surface area contributed by atoms with Crippen LogP contribution in [0.4, 0.5) is 5.82 Å². The number of aromatic nitrogens is 1. The van der Waals surface area contributed by atoms with Gasteiger partial charge in [-0.2, -0.15) is 0 Å². The topological polar surface area (TPSA) is 43.8 Å². The molecule has 3 rings (SSSR count). The standard InChI is InChI=1S/C21H29N5.HI/c1-2-22-21(24-14-8-11-19-9-4-3-5-10-19)26-17-15-25(16-18-26)20-12-6-7-13-23-20;/h3-7,9-10,12-13H,2,8,11,14-18H2,1H3,(H,22,24);1H. The number of piperazine rings is 1. The second-order valence-electron chi connectivity index (χ2n) is 6.49. The van der Waals surface area contributed by atoms with Crippen molar-refractivity contribution in [2.45, 2.75) is 19.8 Å². The van der Waals surface area contributed by atoms with Crippen LogP contribution in [0, 0.1) is 0 Å². The summed E-state index contributed by atoms with van der Waals surface area (Å²) >= 11 is 0. The quantitative estimate of drug-likeness (QED) is 0.299. The van der Waals surface area contributed by atoms with Crippen molar-refractivity contribution < 1.29 is 0 Å². The van der Waals surface area contributed by atoms with Crippen LogP contribution >= 0.6 is 24.0 Å². The molecule has 1 N–H and O–H groups in total. The average molecular weight is 479 g/mol. The number of anilines is 1. The van der Waals surface area contributed by atoms with E-state index in [1.165, 1.54) is 5.56 Å². The molecule has 0 amide bonds. The Bertz CT molecular complexity index is 669. The fourth-order valence-electron chi connectivity index (χ4n) is 3.23. The third-order valence-electron chi connectivity index (χ3n) is 4.62. The molecule has 6 heteroatoms. The number of nitrogens with one attached hydrogen (secondary N) is 1. The van der Waals surface area contributed by atoms with Crippen LogP contribution in [0.25, 0.3) is 0 Å². The smallest absolute Gasteiger partial charge is 0.194 e. The first-order valence-electron chi connectivity index (χ1n) is 9.60. The molecule has 1 aliphatic heterocycles. The summed E-state index contributed by atoms with van der Waals surface area (Å²) in [7, 11) is 0. The maximum Gasteiger partial charge on any atom is 0.194 e. The van der Waals surface area contributed by atoms with E-state index in [0.29, 0.717) is 0 Å². The van der Waals surface area contributed by atoms with E-state index in [-0.39, 0.29) is 24.0 Å². The van der Waals surface area contributed by atoms with Gasteiger partial charge in [0.25, 0.3) is 0 Å². The number of hydrogen-bond donors (Lipinski definition) is 1. The zero-order valence-corrected chi connectivity index (χ0v) is 18.4. The Morgan fingerprint density at radius 1 is 1.04 bits per heavy atom.